The normalized spacial score (nSPS) is 12.5. The molecule has 0 aliphatic heterocycles. The summed E-state index contributed by atoms with van der Waals surface area (Å²) in [4.78, 5) is 13.4. The van der Waals surface area contributed by atoms with Gasteiger partial charge in [0.1, 0.15) is 5.75 Å². The molecular formula is C17H27NO3. The zero-order valence-corrected chi connectivity index (χ0v) is 13.8. The van der Waals surface area contributed by atoms with E-state index in [4.69, 9.17) is 9.84 Å². The second-order valence-corrected chi connectivity index (χ2v) is 5.43. The van der Waals surface area contributed by atoms with Crippen LogP contribution in [-0.4, -0.2) is 42.2 Å². The van der Waals surface area contributed by atoms with Crippen molar-refractivity contribution in [1.29, 1.82) is 0 Å². The van der Waals surface area contributed by atoms with Gasteiger partial charge in [-0.2, -0.15) is 0 Å². The maximum absolute atomic E-state index is 11.1. The Hall–Kier alpha value is -1.55. The summed E-state index contributed by atoms with van der Waals surface area (Å²) in [5.41, 5.74) is 3.44. The van der Waals surface area contributed by atoms with Gasteiger partial charge in [-0.1, -0.05) is 19.9 Å². The van der Waals surface area contributed by atoms with Gasteiger partial charge in [-0.3, -0.25) is 4.79 Å². The van der Waals surface area contributed by atoms with E-state index in [1.807, 2.05) is 13.0 Å². The van der Waals surface area contributed by atoms with E-state index in [1.165, 1.54) is 5.56 Å². The number of ether oxygens (including phenoxy) is 1. The fourth-order valence-corrected chi connectivity index (χ4v) is 2.82. The average Bonchev–Trinajstić information content (AvgIpc) is 2.43. The summed E-state index contributed by atoms with van der Waals surface area (Å²) < 4.78 is 5.34. The molecule has 1 aromatic rings. The van der Waals surface area contributed by atoms with Crippen LogP contribution in [0.15, 0.2) is 12.1 Å². The minimum absolute atomic E-state index is 0.0315. The van der Waals surface area contributed by atoms with Crippen LogP contribution in [0, 0.1) is 13.8 Å². The monoisotopic (exact) mass is 293 g/mol. The minimum atomic E-state index is -0.741. The molecule has 0 aliphatic rings. The van der Waals surface area contributed by atoms with E-state index in [2.05, 4.69) is 31.7 Å². The third-order valence-electron chi connectivity index (χ3n) is 4.05. The molecule has 0 radical (unpaired) electrons. The predicted molar refractivity (Wildman–Crippen MR) is 85.1 cm³/mol. The highest BCUT2D eigenvalue weighted by Crippen LogP contribution is 2.24. The molecule has 118 valence electrons. The van der Waals surface area contributed by atoms with Gasteiger partial charge < -0.3 is 14.7 Å². The SMILES string of the molecule is CCN(CC)C(CC(=O)O)Cc1cc(C)c(OC)cc1C. The Kier molecular flexibility index (Phi) is 6.69. The molecule has 0 heterocycles. The van der Waals surface area contributed by atoms with Gasteiger partial charge in [0.25, 0.3) is 0 Å². The van der Waals surface area contributed by atoms with Crippen LogP contribution in [0.4, 0.5) is 0 Å². The first-order valence-corrected chi connectivity index (χ1v) is 7.52. The molecule has 1 unspecified atom stereocenters. The van der Waals surface area contributed by atoms with Crippen molar-refractivity contribution in [2.45, 2.75) is 46.6 Å². The largest absolute Gasteiger partial charge is 0.496 e. The summed E-state index contributed by atoms with van der Waals surface area (Å²) in [6.07, 6.45) is 0.927. The molecular weight excluding hydrogens is 266 g/mol. The average molecular weight is 293 g/mol. The summed E-state index contributed by atoms with van der Waals surface area (Å²) in [6.45, 7) is 9.95. The second kappa shape index (κ2) is 8.03. The van der Waals surface area contributed by atoms with Crippen molar-refractivity contribution in [2.24, 2.45) is 0 Å². The number of rotatable bonds is 8. The van der Waals surface area contributed by atoms with E-state index >= 15 is 0 Å². The number of benzene rings is 1. The highest BCUT2D eigenvalue weighted by Gasteiger charge is 2.20. The van der Waals surface area contributed by atoms with Crippen LogP contribution in [-0.2, 0) is 11.2 Å². The maximum Gasteiger partial charge on any atom is 0.304 e. The van der Waals surface area contributed by atoms with Crippen molar-refractivity contribution in [3.8, 4) is 5.75 Å². The number of likely N-dealkylation sites (N-methyl/N-ethyl adjacent to an activating group) is 1. The molecule has 21 heavy (non-hydrogen) atoms. The van der Waals surface area contributed by atoms with Crippen LogP contribution in [0.5, 0.6) is 5.75 Å². The van der Waals surface area contributed by atoms with Gasteiger partial charge in [0, 0.05) is 6.04 Å². The van der Waals surface area contributed by atoms with Crippen molar-refractivity contribution >= 4 is 5.97 Å². The minimum Gasteiger partial charge on any atom is -0.496 e. The lowest BCUT2D eigenvalue weighted by Crippen LogP contribution is -2.38. The van der Waals surface area contributed by atoms with Crippen molar-refractivity contribution in [3.05, 3.63) is 28.8 Å². The molecule has 1 N–H and O–H groups in total. The van der Waals surface area contributed by atoms with Crippen molar-refractivity contribution in [3.63, 3.8) is 0 Å². The van der Waals surface area contributed by atoms with Crippen molar-refractivity contribution in [2.75, 3.05) is 20.2 Å². The molecule has 4 heteroatoms. The van der Waals surface area contributed by atoms with Gasteiger partial charge in [-0.05, 0) is 56.1 Å². The fraction of sp³-hybridized carbons (Fsp3) is 0.588. The molecule has 1 atom stereocenters. The zero-order valence-electron chi connectivity index (χ0n) is 13.8. The summed E-state index contributed by atoms with van der Waals surface area (Å²) in [5.74, 6) is 0.142. The molecule has 0 aliphatic carbocycles. The Morgan fingerprint density at radius 3 is 2.33 bits per heavy atom. The van der Waals surface area contributed by atoms with Crippen LogP contribution in [0.1, 0.15) is 37.0 Å². The van der Waals surface area contributed by atoms with E-state index in [-0.39, 0.29) is 12.5 Å². The zero-order chi connectivity index (χ0) is 16.0. The van der Waals surface area contributed by atoms with Gasteiger partial charge in [-0.25, -0.2) is 0 Å². The summed E-state index contributed by atoms with van der Waals surface area (Å²) in [5, 5.41) is 9.16. The van der Waals surface area contributed by atoms with Crippen LogP contribution >= 0.6 is 0 Å². The van der Waals surface area contributed by atoms with Gasteiger partial charge in [0.2, 0.25) is 0 Å². The van der Waals surface area contributed by atoms with Gasteiger partial charge >= 0.3 is 5.97 Å². The molecule has 0 amide bonds. The second-order valence-electron chi connectivity index (χ2n) is 5.43. The van der Waals surface area contributed by atoms with Gasteiger partial charge in [0.15, 0.2) is 0 Å². The number of hydrogen-bond acceptors (Lipinski definition) is 3. The van der Waals surface area contributed by atoms with Gasteiger partial charge in [-0.15, -0.1) is 0 Å². The number of carbonyl (C=O) groups is 1. The quantitative estimate of drug-likeness (QED) is 0.800. The first kappa shape index (κ1) is 17.5. The molecule has 1 rings (SSSR count). The van der Waals surface area contributed by atoms with E-state index < -0.39 is 5.97 Å². The van der Waals surface area contributed by atoms with Crippen LogP contribution in [0.2, 0.25) is 0 Å². The molecule has 0 saturated carbocycles. The third-order valence-corrected chi connectivity index (χ3v) is 4.05. The summed E-state index contributed by atoms with van der Waals surface area (Å²) in [6, 6.07) is 4.18. The Morgan fingerprint density at radius 2 is 1.86 bits per heavy atom. The Bertz CT molecular complexity index is 481. The molecule has 0 aromatic heterocycles. The van der Waals surface area contributed by atoms with E-state index in [1.54, 1.807) is 7.11 Å². The van der Waals surface area contributed by atoms with Crippen LogP contribution in [0.3, 0.4) is 0 Å². The first-order valence-electron chi connectivity index (χ1n) is 7.52. The number of hydrogen-bond donors (Lipinski definition) is 1. The number of carboxylic acids is 1. The van der Waals surface area contributed by atoms with E-state index in [0.29, 0.717) is 0 Å². The number of methoxy groups -OCH3 is 1. The van der Waals surface area contributed by atoms with Crippen molar-refractivity contribution < 1.29 is 14.6 Å². The molecule has 0 bridgehead atoms. The highest BCUT2D eigenvalue weighted by molar-refractivity contribution is 5.67. The van der Waals surface area contributed by atoms with E-state index in [0.717, 1.165) is 36.4 Å². The third kappa shape index (κ3) is 4.74. The number of aliphatic carboxylic acids is 1. The Labute approximate surface area is 127 Å². The topological polar surface area (TPSA) is 49.8 Å². The standard InChI is InChI=1S/C17H27NO3/c1-6-18(7-2)15(11-17(19)20)10-14-8-13(4)16(21-5)9-12(14)3/h8-9,15H,6-7,10-11H2,1-5H3,(H,19,20). The molecule has 0 fully saturated rings. The number of nitrogens with zero attached hydrogens (tertiary/aromatic N) is 1. The molecule has 0 saturated heterocycles. The number of aryl methyl sites for hydroxylation is 2. The fourth-order valence-electron chi connectivity index (χ4n) is 2.82. The molecule has 1 aromatic carbocycles. The van der Waals surface area contributed by atoms with Gasteiger partial charge in [0.05, 0.1) is 13.5 Å². The summed E-state index contributed by atoms with van der Waals surface area (Å²) >= 11 is 0. The molecule has 0 spiro atoms. The smallest absolute Gasteiger partial charge is 0.304 e. The van der Waals surface area contributed by atoms with Crippen LogP contribution < -0.4 is 4.74 Å². The van der Waals surface area contributed by atoms with Crippen molar-refractivity contribution in [1.82, 2.24) is 4.90 Å². The first-order chi connectivity index (χ1) is 9.92. The Balaban J connectivity index is 3.02. The maximum atomic E-state index is 11.1. The summed E-state index contributed by atoms with van der Waals surface area (Å²) in [7, 11) is 1.67. The Morgan fingerprint density at radius 1 is 1.24 bits per heavy atom. The predicted octanol–water partition coefficient (Wildman–Crippen LogP) is 3.04. The number of carboxylic acid groups (broad SMARTS) is 1. The lowest BCUT2D eigenvalue weighted by atomic mass is 9.96. The van der Waals surface area contributed by atoms with E-state index in [9.17, 15) is 4.79 Å². The lowest BCUT2D eigenvalue weighted by molar-refractivity contribution is -0.138. The van der Waals surface area contributed by atoms with Crippen LogP contribution in [0.25, 0.3) is 0 Å². The lowest BCUT2D eigenvalue weighted by Gasteiger charge is -2.29. The molecule has 4 nitrogen and oxygen atoms in total. The highest BCUT2D eigenvalue weighted by atomic mass is 16.5.